The number of aliphatic hydroxyl groups excluding tert-OH is 1. The van der Waals surface area contributed by atoms with Crippen LogP contribution in [0.15, 0.2) is 60.7 Å². The molecule has 0 aliphatic carbocycles. The summed E-state index contributed by atoms with van der Waals surface area (Å²) in [6.45, 7) is 63.3. The van der Waals surface area contributed by atoms with Gasteiger partial charge in [0.2, 0.25) is 5.91 Å². The molecule has 0 bridgehead atoms. The van der Waals surface area contributed by atoms with Gasteiger partial charge in [-0.05, 0) is 117 Å². The highest BCUT2D eigenvalue weighted by atomic mass is 16.3. The van der Waals surface area contributed by atoms with Crippen LogP contribution in [0.5, 0.6) is 0 Å². The van der Waals surface area contributed by atoms with Crippen molar-refractivity contribution in [2.45, 2.75) is 196 Å². The number of benzene rings is 2. The summed E-state index contributed by atoms with van der Waals surface area (Å²) in [6.07, 6.45) is 9.71. The van der Waals surface area contributed by atoms with Crippen molar-refractivity contribution in [3.8, 4) is 0 Å². The summed E-state index contributed by atoms with van der Waals surface area (Å²) in [4.78, 5) is 92.6. The fraction of sp³-hybridized carbons (Fsp3) is 0.635. The van der Waals surface area contributed by atoms with Crippen molar-refractivity contribution in [3.05, 3.63) is 71.8 Å². The van der Waals surface area contributed by atoms with E-state index in [1.165, 1.54) is 91.9 Å². The van der Waals surface area contributed by atoms with E-state index in [0.29, 0.717) is 0 Å². The molecule has 536 valence electrons. The van der Waals surface area contributed by atoms with Gasteiger partial charge < -0.3 is 117 Å². The molecule has 1 fully saturated rings. The predicted molar refractivity (Wildman–Crippen MR) is 386 cm³/mol. The maximum atomic E-state index is 10.7. The molecule has 1 saturated heterocycles. The molecule has 25 N–H and O–H groups in total. The standard InChI is InChI=1S/2C8H10.C7H13NO.3C5H12.C3H8O.3C2H6.6CH5N.10CH2O.4H3N/c2*1-2-8-6-4-3-5-7-8;1-7(9)8-5-3-2-4-6-8;3*1-4-5(2)3;1-3(2)4;19*1-2;;;;/h2*3-7H,2H2,1H3;2-6H2,1H3;3*5H,4H2,1-3H3;3-4H,1-2H3;3*1-2H3;6*2H2,1H3;10*1H2;4*1H3. The number of hydrogen-bond acceptors (Lipinski definition) is 22. The predicted octanol–water partition coefficient (Wildman–Crippen LogP) is 11.4. The van der Waals surface area contributed by atoms with E-state index in [4.69, 9.17) is 53.1 Å². The Hall–Kier alpha value is -5.83. The Kier molecular flexibility index (Phi) is 686. The first-order valence-electron chi connectivity index (χ1n) is 27.1. The molecule has 1 heterocycles. The largest absolute Gasteiger partial charge is 0.394 e. The molecule has 86 heavy (non-hydrogen) atoms. The molecule has 1 aliphatic heterocycles. The zero-order valence-electron chi connectivity index (χ0n) is 61.4. The SMILES string of the molecule is C=O.C=O.C=O.C=O.C=O.C=O.C=O.C=O.C=O.C=O.CC.CC.CC.CC(=O)N1CCCCC1.CC(C)O.CCC(C)C.CCC(C)C.CCC(C)C.CCc1ccccc1.CCc1ccccc1.CN.CN.CN.CN.CN.CN.N.N.N.N. The first-order valence-corrected chi connectivity index (χ1v) is 27.1. The summed E-state index contributed by atoms with van der Waals surface area (Å²) in [5.41, 5.74) is 29.8. The monoisotopic (exact) mass is 1260 g/mol. The van der Waals surface area contributed by atoms with Crippen molar-refractivity contribution in [1.82, 2.24) is 29.5 Å². The number of aryl methyl sites for hydroxylation is 2. The van der Waals surface area contributed by atoms with Gasteiger partial charge in [0.05, 0.1) is 0 Å². The first-order chi connectivity index (χ1) is 39.7. The number of hydrogen-bond donors (Lipinski definition) is 11. The highest BCUT2D eigenvalue weighted by molar-refractivity contribution is 5.73. The zero-order chi connectivity index (χ0) is 72.8. The zero-order valence-corrected chi connectivity index (χ0v) is 61.4. The van der Waals surface area contributed by atoms with Crippen molar-refractivity contribution in [2.24, 2.45) is 52.2 Å². The number of rotatable bonds is 5. The van der Waals surface area contributed by atoms with E-state index in [0.717, 1.165) is 43.7 Å². The molecule has 0 aromatic heterocycles. The number of aliphatic hydroxyl groups is 1. The van der Waals surface area contributed by atoms with Crippen LogP contribution in [0.1, 0.15) is 188 Å². The molecule has 1 amide bonds. The average molecular weight is 1260 g/mol. The number of piperidine rings is 1. The summed E-state index contributed by atoms with van der Waals surface area (Å²) in [6, 6.07) is 20.9. The van der Waals surface area contributed by atoms with Crippen molar-refractivity contribution in [2.75, 3.05) is 55.4 Å². The highest BCUT2D eigenvalue weighted by Gasteiger charge is 2.11. The molecule has 1 aliphatic rings. The summed E-state index contributed by atoms with van der Waals surface area (Å²) in [5, 5.41) is 8.06. The minimum atomic E-state index is -0.167. The van der Waals surface area contributed by atoms with Crippen LogP contribution in [0, 0.1) is 17.8 Å². The second-order valence-electron chi connectivity index (χ2n) is 12.7. The minimum absolute atomic E-state index is 0. The van der Waals surface area contributed by atoms with Crippen molar-refractivity contribution < 1.29 is 57.8 Å². The van der Waals surface area contributed by atoms with Gasteiger partial charge >= 0.3 is 0 Å². The third-order valence-corrected chi connectivity index (χ3v) is 6.75. The maximum absolute atomic E-state index is 10.7. The van der Waals surface area contributed by atoms with Crippen LogP contribution < -0.4 is 59.0 Å². The van der Waals surface area contributed by atoms with Gasteiger partial charge in [0.15, 0.2) is 0 Å². The van der Waals surface area contributed by atoms with E-state index in [9.17, 15) is 4.79 Å². The van der Waals surface area contributed by atoms with Crippen molar-refractivity contribution >= 4 is 73.8 Å². The lowest BCUT2D eigenvalue weighted by Crippen LogP contribution is -2.33. The Balaban J connectivity index is -0.0000000173. The second-order valence-corrected chi connectivity index (χ2v) is 12.7. The fourth-order valence-corrected chi connectivity index (χ4v) is 2.64. The third kappa shape index (κ3) is 450. The third-order valence-electron chi connectivity index (χ3n) is 6.75. The first kappa shape index (κ1) is 178. The van der Waals surface area contributed by atoms with Gasteiger partial charge in [0, 0.05) is 26.1 Å². The van der Waals surface area contributed by atoms with Gasteiger partial charge in [-0.25, -0.2) is 0 Å². The lowest BCUT2D eigenvalue weighted by molar-refractivity contribution is -0.129. The average Bonchev–Trinajstić information content (AvgIpc) is 3.60. The van der Waals surface area contributed by atoms with Crippen LogP contribution in [0.2, 0.25) is 0 Å². The lowest BCUT2D eigenvalue weighted by atomic mass is 10.1. The van der Waals surface area contributed by atoms with E-state index in [2.05, 4.69) is 159 Å². The molecule has 2 aromatic rings. The topological polar surface area (TPSA) is 507 Å². The van der Waals surface area contributed by atoms with E-state index in [1.54, 1.807) is 20.8 Å². The van der Waals surface area contributed by atoms with Gasteiger partial charge in [-0.3, -0.25) is 4.79 Å². The molecule has 0 saturated carbocycles. The van der Waals surface area contributed by atoms with Crippen LogP contribution in [-0.2, 0) is 65.6 Å². The molecule has 0 atom stereocenters. The Morgan fingerprint density at radius 2 is 0.500 bits per heavy atom. The second kappa shape index (κ2) is 332. The van der Waals surface area contributed by atoms with Crippen LogP contribution in [0.4, 0.5) is 0 Å². The van der Waals surface area contributed by atoms with Gasteiger partial charge in [0.25, 0.3) is 0 Å². The fourth-order valence-electron chi connectivity index (χ4n) is 2.64. The Bertz CT molecular complexity index is 914. The summed E-state index contributed by atoms with van der Waals surface area (Å²) in [7, 11) is 9.00. The molecule has 3 rings (SSSR count). The summed E-state index contributed by atoms with van der Waals surface area (Å²) in [5.74, 6) is 2.88. The van der Waals surface area contributed by atoms with Gasteiger partial charge in [-0.15, -0.1) is 0 Å². The summed E-state index contributed by atoms with van der Waals surface area (Å²) < 4.78 is 0. The molecule has 0 unspecified atom stereocenters. The highest BCUT2D eigenvalue weighted by Crippen LogP contribution is 2.07. The molecule has 23 heteroatoms. The Morgan fingerprint density at radius 3 is 0.570 bits per heavy atom. The minimum Gasteiger partial charge on any atom is -0.394 e. The number of nitrogens with zero attached hydrogens (tertiary/aromatic N) is 1. The van der Waals surface area contributed by atoms with E-state index in [1.807, 2.05) is 126 Å². The van der Waals surface area contributed by atoms with Crippen molar-refractivity contribution in [1.29, 1.82) is 0 Å². The van der Waals surface area contributed by atoms with Crippen LogP contribution >= 0.6 is 0 Å². The number of carbonyl (C=O) groups is 11. The molecule has 0 spiro atoms. The number of carbonyl (C=O) groups excluding carboxylic acids is 11. The summed E-state index contributed by atoms with van der Waals surface area (Å²) >= 11 is 0. The van der Waals surface area contributed by atoms with E-state index >= 15 is 0 Å². The number of likely N-dealkylation sites (tertiary alicyclic amines) is 1. The molecule has 23 nitrogen and oxygen atoms in total. The lowest BCUT2D eigenvalue weighted by Gasteiger charge is -2.24. The van der Waals surface area contributed by atoms with E-state index < -0.39 is 0 Å². The normalized spacial score (nSPS) is 6.97. The van der Waals surface area contributed by atoms with Crippen molar-refractivity contribution in [3.63, 3.8) is 0 Å². The molecule has 0 radical (unpaired) electrons. The molecular weight excluding hydrogens is 1100 g/mol. The smallest absolute Gasteiger partial charge is 0.219 e. The number of nitrogens with two attached hydrogens (primary N) is 6. The Labute approximate surface area is 534 Å². The van der Waals surface area contributed by atoms with Crippen LogP contribution in [0.3, 0.4) is 0 Å². The quantitative estimate of drug-likeness (QED) is 0.132. The van der Waals surface area contributed by atoms with E-state index in [-0.39, 0.29) is 36.6 Å². The number of amides is 1. The van der Waals surface area contributed by atoms with Crippen LogP contribution in [0.25, 0.3) is 0 Å². The maximum Gasteiger partial charge on any atom is 0.219 e. The van der Waals surface area contributed by atoms with Gasteiger partial charge in [0.1, 0.15) is 67.9 Å². The Morgan fingerprint density at radius 1 is 0.372 bits per heavy atom. The van der Waals surface area contributed by atoms with Gasteiger partial charge in [-0.2, -0.15) is 0 Å². The molecular formula is C63H157N11O12. The molecule has 2 aromatic carbocycles. The van der Waals surface area contributed by atoms with Crippen LogP contribution in [-0.4, -0.2) is 145 Å². The van der Waals surface area contributed by atoms with Gasteiger partial charge in [-0.1, -0.05) is 198 Å².